The van der Waals surface area contributed by atoms with Crippen LogP contribution in [0.4, 0.5) is 27.9 Å². The van der Waals surface area contributed by atoms with Crippen molar-refractivity contribution in [3.05, 3.63) is 70.4 Å². The van der Waals surface area contributed by atoms with E-state index < -0.39 is 0 Å². The van der Waals surface area contributed by atoms with E-state index in [9.17, 15) is 4.79 Å². The van der Waals surface area contributed by atoms with Crippen LogP contribution in [0.1, 0.15) is 46.7 Å². The third kappa shape index (κ3) is 3.34. The summed E-state index contributed by atoms with van der Waals surface area (Å²) in [4.78, 5) is 20.8. The Balaban J connectivity index is 1.25. The molecule has 2 aromatic carbocycles. The average molecular weight is 428 g/mol. The van der Waals surface area contributed by atoms with Crippen LogP contribution in [0.15, 0.2) is 42.6 Å². The number of ether oxygens (including phenoxy) is 1. The zero-order valence-corrected chi connectivity index (χ0v) is 17.9. The van der Waals surface area contributed by atoms with Gasteiger partial charge in [-0.15, -0.1) is 0 Å². The molecule has 6 rings (SSSR count). The maximum absolute atomic E-state index is 11.6. The second kappa shape index (κ2) is 7.51. The van der Waals surface area contributed by atoms with Crippen LogP contribution >= 0.6 is 0 Å². The number of rotatable bonds is 4. The van der Waals surface area contributed by atoms with Crippen molar-refractivity contribution in [2.45, 2.75) is 51.2 Å². The zero-order valence-electron chi connectivity index (χ0n) is 17.9. The highest BCUT2D eigenvalue weighted by Crippen LogP contribution is 2.38. The van der Waals surface area contributed by atoms with Crippen LogP contribution in [0, 0.1) is 6.92 Å². The van der Waals surface area contributed by atoms with Gasteiger partial charge < -0.3 is 20.7 Å². The number of hydrogen-bond donors (Lipinski definition) is 3. The predicted octanol–water partition coefficient (Wildman–Crippen LogP) is 4.86. The highest BCUT2D eigenvalue weighted by atomic mass is 16.6. The van der Waals surface area contributed by atoms with E-state index in [0.717, 1.165) is 47.6 Å². The fraction of sp³-hybridized carbons (Fsp3) is 0.320. The van der Waals surface area contributed by atoms with Gasteiger partial charge in [0.1, 0.15) is 11.9 Å². The summed E-state index contributed by atoms with van der Waals surface area (Å²) in [5.41, 5.74) is 8.14. The van der Waals surface area contributed by atoms with Gasteiger partial charge in [-0.1, -0.05) is 18.2 Å². The molecule has 0 bridgehead atoms. The quantitative estimate of drug-likeness (QED) is 0.551. The van der Waals surface area contributed by atoms with E-state index >= 15 is 0 Å². The summed E-state index contributed by atoms with van der Waals surface area (Å²) in [6, 6.07) is 12.5. The van der Waals surface area contributed by atoms with E-state index in [4.69, 9.17) is 9.72 Å². The van der Waals surface area contributed by atoms with Gasteiger partial charge in [-0.2, -0.15) is 4.98 Å². The van der Waals surface area contributed by atoms with Gasteiger partial charge in [-0.25, -0.2) is 9.78 Å². The molecule has 0 unspecified atom stereocenters. The number of amides is 1. The molecule has 1 saturated heterocycles. The number of anilines is 4. The molecule has 0 saturated carbocycles. The van der Waals surface area contributed by atoms with Gasteiger partial charge in [0.25, 0.3) is 0 Å². The molecule has 7 heteroatoms. The number of aryl methyl sites for hydroxylation is 2. The fourth-order valence-corrected chi connectivity index (χ4v) is 5.05. The first kappa shape index (κ1) is 19.1. The number of aromatic nitrogens is 2. The second-order valence-electron chi connectivity index (χ2n) is 8.81. The third-order valence-electron chi connectivity index (χ3n) is 6.68. The maximum atomic E-state index is 11.6. The van der Waals surface area contributed by atoms with E-state index in [2.05, 4.69) is 51.3 Å². The van der Waals surface area contributed by atoms with Crippen molar-refractivity contribution in [3.8, 4) is 0 Å². The Morgan fingerprint density at radius 1 is 1.09 bits per heavy atom. The minimum atomic E-state index is -0.343. The lowest BCUT2D eigenvalue weighted by molar-refractivity contribution is 0.136. The Kier molecular flexibility index (Phi) is 4.48. The highest BCUT2D eigenvalue weighted by molar-refractivity contribution is 5.72. The van der Waals surface area contributed by atoms with Crippen LogP contribution in [0.25, 0.3) is 0 Å². The summed E-state index contributed by atoms with van der Waals surface area (Å²) in [5.74, 6) is 1.34. The van der Waals surface area contributed by atoms with Crippen LogP contribution in [-0.4, -0.2) is 22.2 Å². The number of hydrogen-bond acceptors (Lipinski definition) is 6. The summed E-state index contributed by atoms with van der Waals surface area (Å²) in [6.45, 7) is 2.01. The highest BCUT2D eigenvalue weighted by Gasteiger charge is 2.41. The van der Waals surface area contributed by atoms with Crippen LogP contribution in [0.2, 0.25) is 0 Å². The number of benzene rings is 2. The van der Waals surface area contributed by atoms with Crippen molar-refractivity contribution >= 4 is 29.2 Å². The van der Waals surface area contributed by atoms with E-state index in [1.165, 1.54) is 29.5 Å². The van der Waals surface area contributed by atoms with Gasteiger partial charge in [0, 0.05) is 29.6 Å². The van der Waals surface area contributed by atoms with Crippen LogP contribution < -0.4 is 16.0 Å². The Morgan fingerprint density at radius 2 is 2.00 bits per heavy atom. The van der Waals surface area contributed by atoms with Crippen molar-refractivity contribution in [2.24, 2.45) is 0 Å². The Labute approximate surface area is 186 Å². The SMILES string of the molecule is Cc1cnc(Nc2ccc3c(c2)[C@H]2NC(=O)O[C@H]2C3)nc1Nc1cccc2c1CCCC2. The normalized spacial score (nSPS) is 20.6. The van der Waals surface area contributed by atoms with Crippen molar-refractivity contribution in [1.82, 2.24) is 15.3 Å². The van der Waals surface area contributed by atoms with Gasteiger partial charge in [0.2, 0.25) is 5.95 Å². The van der Waals surface area contributed by atoms with E-state index in [-0.39, 0.29) is 18.2 Å². The molecule has 0 radical (unpaired) electrons. The monoisotopic (exact) mass is 427 g/mol. The molecule has 3 aliphatic rings. The molecule has 162 valence electrons. The molecule has 7 nitrogen and oxygen atoms in total. The van der Waals surface area contributed by atoms with Gasteiger partial charge >= 0.3 is 6.09 Å². The first-order valence-electron chi connectivity index (χ1n) is 11.2. The van der Waals surface area contributed by atoms with E-state index in [0.29, 0.717) is 5.95 Å². The summed E-state index contributed by atoms with van der Waals surface area (Å²) in [7, 11) is 0. The minimum Gasteiger partial charge on any atom is -0.443 e. The lowest BCUT2D eigenvalue weighted by Crippen LogP contribution is -2.18. The lowest BCUT2D eigenvalue weighted by atomic mass is 9.90. The van der Waals surface area contributed by atoms with Crippen molar-refractivity contribution < 1.29 is 9.53 Å². The summed E-state index contributed by atoms with van der Waals surface area (Å²) >= 11 is 0. The third-order valence-corrected chi connectivity index (χ3v) is 6.68. The molecule has 1 aromatic heterocycles. The van der Waals surface area contributed by atoms with Crippen molar-refractivity contribution in [3.63, 3.8) is 0 Å². The summed E-state index contributed by atoms with van der Waals surface area (Å²) in [6.07, 6.45) is 6.86. The number of nitrogens with zero attached hydrogens (tertiary/aromatic N) is 2. The smallest absolute Gasteiger partial charge is 0.408 e. The molecule has 2 atom stereocenters. The van der Waals surface area contributed by atoms with E-state index in [1.54, 1.807) is 0 Å². The maximum Gasteiger partial charge on any atom is 0.408 e. The molecule has 32 heavy (non-hydrogen) atoms. The minimum absolute atomic E-state index is 0.0836. The summed E-state index contributed by atoms with van der Waals surface area (Å²) < 4.78 is 5.35. The number of fused-ring (bicyclic) bond motifs is 4. The molecule has 1 aliphatic heterocycles. The molecule has 2 heterocycles. The van der Waals surface area contributed by atoms with Crippen LogP contribution in [0.5, 0.6) is 0 Å². The zero-order chi connectivity index (χ0) is 21.7. The standard InChI is InChI=1S/C25H25N5O2/c1-14-13-26-24(30-23(14)28-20-8-4-6-15-5-2-3-7-18(15)20)27-17-10-9-16-11-21-22(19(16)12-17)29-25(31)32-21/h4,6,8-10,12-13,21-22H,2-3,5,7,11H2,1H3,(H,29,31)(H2,26,27,28,30)/t21-,22+/m0/s1. The first-order valence-corrected chi connectivity index (χ1v) is 11.2. The Hall–Kier alpha value is -3.61. The molecular weight excluding hydrogens is 402 g/mol. The molecule has 3 N–H and O–H groups in total. The molecule has 1 amide bonds. The number of carbonyl (C=O) groups excluding carboxylic acids is 1. The molecule has 3 aromatic rings. The largest absolute Gasteiger partial charge is 0.443 e. The molecule has 0 spiro atoms. The fourth-order valence-electron chi connectivity index (χ4n) is 5.05. The topological polar surface area (TPSA) is 88.2 Å². The van der Waals surface area contributed by atoms with Crippen LogP contribution in [-0.2, 0) is 24.0 Å². The van der Waals surface area contributed by atoms with Gasteiger partial charge in [-0.3, -0.25) is 0 Å². The lowest BCUT2D eigenvalue weighted by Gasteiger charge is -2.20. The van der Waals surface area contributed by atoms with Crippen molar-refractivity contribution in [1.29, 1.82) is 0 Å². The molecule has 2 aliphatic carbocycles. The van der Waals surface area contributed by atoms with Gasteiger partial charge in [0.15, 0.2) is 0 Å². The predicted molar refractivity (Wildman–Crippen MR) is 123 cm³/mol. The molecule has 1 fully saturated rings. The second-order valence-corrected chi connectivity index (χ2v) is 8.81. The number of carbonyl (C=O) groups is 1. The molecular formula is C25H25N5O2. The Bertz CT molecular complexity index is 1220. The number of nitrogens with one attached hydrogen (secondary N) is 3. The van der Waals surface area contributed by atoms with Crippen LogP contribution in [0.3, 0.4) is 0 Å². The van der Waals surface area contributed by atoms with Gasteiger partial charge in [0.05, 0.1) is 6.04 Å². The van der Waals surface area contributed by atoms with Gasteiger partial charge in [-0.05, 0) is 73.1 Å². The average Bonchev–Trinajstić information content (AvgIpc) is 3.32. The van der Waals surface area contributed by atoms with E-state index in [1.807, 2.05) is 19.2 Å². The first-order chi connectivity index (χ1) is 15.6. The number of alkyl carbamates (subject to hydrolysis) is 1. The summed E-state index contributed by atoms with van der Waals surface area (Å²) in [5, 5.41) is 9.77. The Morgan fingerprint density at radius 3 is 2.94 bits per heavy atom. The van der Waals surface area contributed by atoms with Crippen molar-refractivity contribution in [2.75, 3.05) is 10.6 Å².